The van der Waals surface area contributed by atoms with E-state index in [4.69, 9.17) is 0 Å². The van der Waals surface area contributed by atoms with Crippen molar-refractivity contribution in [3.05, 3.63) is 33.9 Å². The van der Waals surface area contributed by atoms with E-state index < -0.39 is 0 Å². The molecule has 1 aromatic carbocycles. The van der Waals surface area contributed by atoms with Crippen LogP contribution in [-0.4, -0.2) is 24.1 Å². The Morgan fingerprint density at radius 3 is 2.57 bits per heavy atom. The number of nitrogens with one attached hydrogen (secondary N) is 2. The number of anilines is 1. The maximum Gasteiger partial charge on any atom is 0.292 e. The molecule has 0 bridgehead atoms. The van der Waals surface area contributed by atoms with Gasteiger partial charge in [0.2, 0.25) is 0 Å². The Labute approximate surface area is 126 Å². The maximum atomic E-state index is 11.0. The lowest BCUT2D eigenvalue weighted by atomic mass is 10.1. The summed E-state index contributed by atoms with van der Waals surface area (Å²) in [4.78, 5) is 10.7. The fourth-order valence-corrected chi connectivity index (χ4v) is 2.90. The zero-order valence-corrected chi connectivity index (χ0v) is 12.7. The number of nitrogens with zero attached hydrogens (tertiary/aromatic N) is 1. The first-order valence-electron chi connectivity index (χ1n) is 7.89. The van der Waals surface area contributed by atoms with Gasteiger partial charge in [-0.25, -0.2) is 0 Å². The molecule has 1 aromatic rings. The first-order valence-corrected chi connectivity index (χ1v) is 7.89. The average molecular weight is 291 g/mol. The number of nitro benzene ring substituents is 1. The third-order valence-corrected chi connectivity index (χ3v) is 4.08. The summed E-state index contributed by atoms with van der Waals surface area (Å²) in [5.41, 5.74) is 1.67. The Balaban J connectivity index is 1.79. The van der Waals surface area contributed by atoms with Crippen LogP contribution in [-0.2, 0) is 0 Å². The zero-order chi connectivity index (χ0) is 15.1. The topological polar surface area (TPSA) is 67.2 Å². The van der Waals surface area contributed by atoms with Gasteiger partial charge in [-0.3, -0.25) is 10.1 Å². The Bertz CT molecular complexity index is 469. The molecule has 0 atom stereocenters. The molecule has 5 nitrogen and oxygen atoms in total. The van der Waals surface area contributed by atoms with Gasteiger partial charge in [0.1, 0.15) is 5.69 Å². The van der Waals surface area contributed by atoms with Gasteiger partial charge in [0.15, 0.2) is 0 Å². The van der Waals surface area contributed by atoms with Crippen LogP contribution in [0.25, 0.3) is 0 Å². The van der Waals surface area contributed by atoms with Crippen LogP contribution in [0.5, 0.6) is 0 Å². The van der Waals surface area contributed by atoms with Crippen molar-refractivity contribution in [3.8, 4) is 0 Å². The molecule has 1 fully saturated rings. The van der Waals surface area contributed by atoms with Gasteiger partial charge in [0.05, 0.1) is 4.92 Å². The van der Waals surface area contributed by atoms with E-state index in [0.717, 1.165) is 12.1 Å². The third kappa shape index (κ3) is 5.01. The number of rotatable bonds is 6. The van der Waals surface area contributed by atoms with Crippen LogP contribution < -0.4 is 10.6 Å². The van der Waals surface area contributed by atoms with Crippen molar-refractivity contribution in [1.82, 2.24) is 5.32 Å². The molecule has 0 aromatic heterocycles. The molecule has 1 aliphatic carbocycles. The minimum absolute atomic E-state index is 0.157. The second kappa shape index (κ2) is 7.98. The fraction of sp³-hybridized carbons (Fsp3) is 0.625. The van der Waals surface area contributed by atoms with E-state index in [2.05, 4.69) is 10.6 Å². The summed E-state index contributed by atoms with van der Waals surface area (Å²) in [6.07, 6.45) is 7.84. The van der Waals surface area contributed by atoms with Gasteiger partial charge >= 0.3 is 0 Å². The Hall–Kier alpha value is -1.62. The van der Waals surface area contributed by atoms with Gasteiger partial charge < -0.3 is 10.6 Å². The van der Waals surface area contributed by atoms with Crippen LogP contribution in [0.4, 0.5) is 11.4 Å². The molecule has 5 heteroatoms. The monoisotopic (exact) mass is 291 g/mol. The Morgan fingerprint density at radius 2 is 1.90 bits per heavy atom. The quantitative estimate of drug-likeness (QED) is 0.363. The fourth-order valence-electron chi connectivity index (χ4n) is 2.90. The van der Waals surface area contributed by atoms with Gasteiger partial charge in [0, 0.05) is 25.2 Å². The van der Waals surface area contributed by atoms with Crippen molar-refractivity contribution in [2.24, 2.45) is 0 Å². The molecular weight excluding hydrogens is 266 g/mol. The summed E-state index contributed by atoms with van der Waals surface area (Å²) in [5, 5.41) is 17.8. The number of nitro groups is 1. The van der Waals surface area contributed by atoms with E-state index in [0.29, 0.717) is 18.3 Å². The molecule has 1 saturated carbocycles. The normalized spacial score (nSPS) is 16.4. The third-order valence-electron chi connectivity index (χ3n) is 4.08. The van der Waals surface area contributed by atoms with Gasteiger partial charge in [-0.1, -0.05) is 31.7 Å². The summed E-state index contributed by atoms with van der Waals surface area (Å²) in [6.45, 7) is 3.42. The lowest BCUT2D eigenvalue weighted by Gasteiger charge is -2.16. The van der Waals surface area contributed by atoms with Crippen molar-refractivity contribution in [2.45, 2.75) is 51.5 Å². The number of hydrogen-bond acceptors (Lipinski definition) is 4. The number of hydrogen-bond donors (Lipinski definition) is 2. The highest BCUT2D eigenvalue weighted by Gasteiger charge is 2.14. The number of aryl methyl sites for hydroxylation is 1. The molecule has 0 saturated heterocycles. The second-order valence-corrected chi connectivity index (χ2v) is 5.85. The van der Waals surface area contributed by atoms with Crippen LogP contribution in [0, 0.1) is 17.0 Å². The van der Waals surface area contributed by atoms with E-state index in [1.54, 1.807) is 12.1 Å². The predicted octanol–water partition coefficient (Wildman–Crippen LogP) is 3.63. The second-order valence-electron chi connectivity index (χ2n) is 5.85. The molecule has 2 rings (SSSR count). The Kier molecular flexibility index (Phi) is 5.99. The molecule has 116 valence electrons. The van der Waals surface area contributed by atoms with Gasteiger partial charge in [-0.2, -0.15) is 0 Å². The van der Waals surface area contributed by atoms with Crippen molar-refractivity contribution in [1.29, 1.82) is 0 Å². The summed E-state index contributed by atoms with van der Waals surface area (Å²) in [6, 6.07) is 5.91. The number of benzene rings is 1. The average Bonchev–Trinajstić information content (AvgIpc) is 2.73. The van der Waals surface area contributed by atoms with Crippen LogP contribution in [0.15, 0.2) is 18.2 Å². The van der Waals surface area contributed by atoms with E-state index in [1.165, 1.54) is 38.5 Å². The van der Waals surface area contributed by atoms with Crippen molar-refractivity contribution >= 4 is 11.4 Å². The molecular formula is C16H25N3O2. The van der Waals surface area contributed by atoms with E-state index in [9.17, 15) is 10.1 Å². The molecule has 0 unspecified atom stereocenters. The van der Waals surface area contributed by atoms with Crippen molar-refractivity contribution in [3.63, 3.8) is 0 Å². The maximum absolute atomic E-state index is 11.0. The van der Waals surface area contributed by atoms with E-state index in [-0.39, 0.29) is 10.6 Å². The standard InChI is InChI=1S/C16H25N3O2/c1-13-8-9-15(16(12-13)19(20)21)18-11-10-17-14-6-4-2-3-5-7-14/h8-9,12,14,17-18H,2-7,10-11H2,1H3. The highest BCUT2D eigenvalue weighted by Crippen LogP contribution is 2.25. The van der Waals surface area contributed by atoms with Crippen LogP contribution in [0.1, 0.15) is 44.1 Å². The summed E-state index contributed by atoms with van der Waals surface area (Å²) >= 11 is 0. The molecule has 21 heavy (non-hydrogen) atoms. The van der Waals surface area contributed by atoms with Crippen LogP contribution in [0.2, 0.25) is 0 Å². The minimum atomic E-state index is -0.325. The highest BCUT2D eigenvalue weighted by atomic mass is 16.6. The molecule has 0 heterocycles. The summed E-state index contributed by atoms with van der Waals surface area (Å²) < 4.78 is 0. The summed E-state index contributed by atoms with van der Waals surface area (Å²) in [5.74, 6) is 0. The highest BCUT2D eigenvalue weighted by molar-refractivity contribution is 5.62. The first-order chi connectivity index (χ1) is 10.2. The largest absolute Gasteiger partial charge is 0.378 e. The Morgan fingerprint density at radius 1 is 1.19 bits per heavy atom. The van der Waals surface area contributed by atoms with Crippen LogP contribution in [0.3, 0.4) is 0 Å². The molecule has 0 radical (unpaired) electrons. The lowest BCUT2D eigenvalue weighted by Crippen LogP contribution is -2.32. The first kappa shape index (κ1) is 15.8. The lowest BCUT2D eigenvalue weighted by molar-refractivity contribution is -0.384. The van der Waals surface area contributed by atoms with Gasteiger partial charge in [-0.05, 0) is 31.4 Å². The molecule has 1 aliphatic rings. The minimum Gasteiger partial charge on any atom is -0.378 e. The SMILES string of the molecule is Cc1ccc(NCCNC2CCCCCC2)c([N+](=O)[O-])c1. The van der Waals surface area contributed by atoms with Gasteiger partial charge in [-0.15, -0.1) is 0 Å². The zero-order valence-electron chi connectivity index (χ0n) is 12.7. The summed E-state index contributed by atoms with van der Waals surface area (Å²) in [7, 11) is 0. The molecule has 0 amide bonds. The van der Waals surface area contributed by atoms with Crippen molar-refractivity contribution < 1.29 is 4.92 Å². The van der Waals surface area contributed by atoms with Crippen molar-refractivity contribution in [2.75, 3.05) is 18.4 Å². The van der Waals surface area contributed by atoms with Crippen LogP contribution >= 0.6 is 0 Å². The molecule has 0 aliphatic heterocycles. The van der Waals surface area contributed by atoms with E-state index in [1.807, 2.05) is 13.0 Å². The molecule has 0 spiro atoms. The predicted molar refractivity (Wildman–Crippen MR) is 85.8 cm³/mol. The van der Waals surface area contributed by atoms with Gasteiger partial charge in [0.25, 0.3) is 5.69 Å². The smallest absolute Gasteiger partial charge is 0.292 e. The van der Waals surface area contributed by atoms with E-state index >= 15 is 0 Å². The molecule has 2 N–H and O–H groups in total.